The van der Waals surface area contributed by atoms with Crippen LogP contribution in [0.5, 0.6) is 0 Å². The Kier molecular flexibility index (Phi) is 5.13. The molecule has 0 saturated carbocycles. The van der Waals surface area contributed by atoms with Crippen LogP contribution in [0.1, 0.15) is 28.2 Å². The molecule has 1 fully saturated rings. The zero-order valence-corrected chi connectivity index (χ0v) is 17.2. The van der Waals surface area contributed by atoms with Gasteiger partial charge in [-0.05, 0) is 51.5 Å². The lowest BCUT2D eigenvalue weighted by Gasteiger charge is -2.36. The molecule has 1 aliphatic rings. The summed E-state index contributed by atoms with van der Waals surface area (Å²) >= 11 is 0. The van der Waals surface area contributed by atoms with Crippen LogP contribution in [0.25, 0.3) is 5.69 Å². The van der Waals surface area contributed by atoms with E-state index in [9.17, 15) is 0 Å². The molecule has 0 bridgehead atoms. The van der Waals surface area contributed by atoms with Crippen molar-refractivity contribution in [1.82, 2.24) is 24.6 Å². The average molecular weight is 377 g/mol. The highest BCUT2D eigenvalue weighted by Crippen LogP contribution is 2.21. The van der Waals surface area contributed by atoms with Crippen LogP contribution in [-0.4, -0.2) is 50.8 Å². The maximum atomic E-state index is 4.61. The van der Waals surface area contributed by atoms with Crippen molar-refractivity contribution in [3.05, 3.63) is 64.9 Å². The minimum absolute atomic E-state index is 0.961. The first-order valence-corrected chi connectivity index (χ1v) is 9.89. The number of hydrogen-bond acceptors (Lipinski definition) is 5. The molecule has 0 spiro atoms. The molecule has 1 saturated heterocycles. The smallest absolute Gasteiger partial charge is 0.135 e. The van der Waals surface area contributed by atoms with E-state index in [4.69, 9.17) is 0 Å². The van der Waals surface area contributed by atoms with Crippen LogP contribution in [0, 0.1) is 27.7 Å². The number of benzene rings is 1. The highest BCUT2D eigenvalue weighted by atomic mass is 15.3. The molecular formula is C22H28N6. The van der Waals surface area contributed by atoms with E-state index in [1.165, 1.54) is 16.8 Å². The van der Waals surface area contributed by atoms with Gasteiger partial charge in [0, 0.05) is 49.7 Å². The molecule has 3 aromatic rings. The molecule has 0 aliphatic carbocycles. The number of nitrogens with zero attached hydrogens (tertiary/aromatic N) is 6. The molecule has 0 N–H and O–H groups in total. The second-order valence-electron chi connectivity index (χ2n) is 7.68. The maximum Gasteiger partial charge on any atom is 0.135 e. The van der Waals surface area contributed by atoms with Gasteiger partial charge in [0.1, 0.15) is 12.1 Å². The van der Waals surface area contributed by atoms with Crippen molar-refractivity contribution in [3.8, 4) is 5.69 Å². The SMILES string of the molecule is Cc1cc(C)n(-c2cccc(CN3CCN(c4ncnc(C)c4C)CC3)c2)n1. The van der Waals surface area contributed by atoms with E-state index >= 15 is 0 Å². The van der Waals surface area contributed by atoms with Gasteiger partial charge in [-0.3, -0.25) is 4.90 Å². The summed E-state index contributed by atoms with van der Waals surface area (Å²) in [4.78, 5) is 13.7. The van der Waals surface area contributed by atoms with Crippen LogP contribution >= 0.6 is 0 Å². The first kappa shape index (κ1) is 18.6. The summed E-state index contributed by atoms with van der Waals surface area (Å²) in [6.45, 7) is 13.3. The molecule has 2 aromatic heterocycles. The van der Waals surface area contributed by atoms with Gasteiger partial charge in [-0.1, -0.05) is 12.1 Å². The Morgan fingerprint density at radius 2 is 1.71 bits per heavy atom. The molecule has 1 aliphatic heterocycles. The Morgan fingerprint density at radius 1 is 0.929 bits per heavy atom. The Bertz CT molecular complexity index is 969. The normalized spacial score (nSPS) is 15.2. The van der Waals surface area contributed by atoms with Crippen LogP contribution < -0.4 is 4.90 Å². The third-order valence-electron chi connectivity index (χ3n) is 5.55. The lowest BCUT2D eigenvalue weighted by molar-refractivity contribution is 0.249. The predicted octanol–water partition coefficient (Wildman–Crippen LogP) is 3.22. The summed E-state index contributed by atoms with van der Waals surface area (Å²) in [5, 5.41) is 4.61. The van der Waals surface area contributed by atoms with E-state index in [-0.39, 0.29) is 0 Å². The molecule has 6 heteroatoms. The van der Waals surface area contributed by atoms with Gasteiger partial charge in [-0.2, -0.15) is 5.10 Å². The third-order valence-corrected chi connectivity index (χ3v) is 5.55. The summed E-state index contributed by atoms with van der Waals surface area (Å²) in [5.74, 6) is 1.08. The summed E-state index contributed by atoms with van der Waals surface area (Å²) in [6, 6.07) is 10.8. The Labute approximate surface area is 166 Å². The van der Waals surface area contributed by atoms with Gasteiger partial charge >= 0.3 is 0 Å². The molecular weight excluding hydrogens is 348 g/mol. The minimum Gasteiger partial charge on any atom is -0.354 e. The molecule has 28 heavy (non-hydrogen) atoms. The Morgan fingerprint density at radius 3 is 2.43 bits per heavy atom. The van der Waals surface area contributed by atoms with Crippen LogP contribution in [-0.2, 0) is 6.54 Å². The number of piperazine rings is 1. The minimum atomic E-state index is 0.961. The summed E-state index contributed by atoms with van der Waals surface area (Å²) < 4.78 is 2.02. The summed E-state index contributed by atoms with van der Waals surface area (Å²) in [6.07, 6.45) is 1.68. The molecule has 0 radical (unpaired) electrons. The molecule has 6 nitrogen and oxygen atoms in total. The van der Waals surface area contributed by atoms with Crippen molar-refractivity contribution in [1.29, 1.82) is 0 Å². The quantitative estimate of drug-likeness (QED) is 0.700. The van der Waals surface area contributed by atoms with E-state index in [0.717, 1.165) is 55.6 Å². The largest absolute Gasteiger partial charge is 0.354 e. The van der Waals surface area contributed by atoms with E-state index in [2.05, 4.69) is 69.0 Å². The zero-order valence-electron chi connectivity index (χ0n) is 17.2. The van der Waals surface area contributed by atoms with Crippen LogP contribution in [0.3, 0.4) is 0 Å². The van der Waals surface area contributed by atoms with Gasteiger partial charge in [0.05, 0.1) is 11.4 Å². The average Bonchev–Trinajstić information content (AvgIpc) is 3.03. The summed E-state index contributed by atoms with van der Waals surface area (Å²) in [7, 11) is 0. The highest BCUT2D eigenvalue weighted by Gasteiger charge is 2.20. The van der Waals surface area contributed by atoms with Crippen LogP contribution in [0.2, 0.25) is 0 Å². The van der Waals surface area contributed by atoms with E-state index in [0.29, 0.717) is 0 Å². The molecule has 0 atom stereocenters. The number of anilines is 1. The number of hydrogen-bond donors (Lipinski definition) is 0. The van der Waals surface area contributed by atoms with Crippen molar-refractivity contribution in [2.75, 3.05) is 31.1 Å². The topological polar surface area (TPSA) is 50.1 Å². The fourth-order valence-corrected chi connectivity index (χ4v) is 3.90. The molecule has 0 amide bonds. The summed E-state index contributed by atoms with van der Waals surface area (Å²) in [5.41, 5.74) is 6.93. The lowest BCUT2D eigenvalue weighted by Crippen LogP contribution is -2.46. The van der Waals surface area contributed by atoms with Crippen LogP contribution in [0.4, 0.5) is 5.82 Å². The molecule has 1 aromatic carbocycles. The predicted molar refractivity (Wildman–Crippen MR) is 112 cm³/mol. The van der Waals surface area contributed by atoms with Crippen molar-refractivity contribution in [2.24, 2.45) is 0 Å². The van der Waals surface area contributed by atoms with Crippen LogP contribution in [0.15, 0.2) is 36.7 Å². The molecule has 3 heterocycles. The van der Waals surface area contributed by atoms with Gasteiger partial charge in [-0.15, -0.1) is 0 Å². The molecule has 4 rings (SSSR count). The second-order valence-corrected chi connectivity index (χ2v) is 7.68. The number of aryl methyl sites for hydroxylation is 3. The lowest BCUT2D eigenvalue weighted by atomic mass is 10.1. The monoisotopic (exact) mass is 376 g/mol. The van der Waals surface area contributed by atoms with Crippen molar-refractivity contribution in [2.45, 2.75) is 34.2 Å². The zero-order chi connectivity index (χ0) is 19.7. The van der Waals surface area contributed by atoms with E-state index < -0.39 is 0 Å². The van der Waals surface area contributed by atoms with Gasteiger partial charge in [-0.25, -0.2) is 14.6 Å². The van der Waals surface area contributed by atoms with Gasteiger partial charge < -0.3 is 4.90 Å². The Hall–Kier alpha value is -2.73. The highest BCUT2D eigenvalue weighted by molar-refractivity contribution is 5.47. The first-order valence-electron chi connectivity index (χ1n) is 9.89. The van der Waals surface area contributed by atoms with E-state index in [1.807, 2.05) is 18.5 Å². The third kappa shape index (κ3) is 3.78. The number of aromatic nitrogens is 4. The Balaban J connectivity index is 1.42. The first-order chi connectivity index (χ1) is 13.5. The standard InChI is InChI=1S/C22H28N6/c1-16-12-17(2)28(25-16)21-7-5-6-20(13-21)14-26-8-10-27(11-9-26)22-18(3)19(4)23-15-24-22/h5-7,12-13,15H,8-11,14H2,1-4H3. The van der Waals surface area contributed by atoms with Gasteiger partial charge in [0.25, 0.3) is 0 Å². The fraction of sp³-hybridized carbons (Fsp3) is 0.409. The van der Waals surface area contributed by atoms with Gasteiger partial charge in [0.2, 0.25) is 0 Å². The van der Waals surface area contributed by atoms with E-state index in [1.54, 1.807) is 6.33 Å². The second kappa shape index (κ2) is 7.72. The van der Waals surface area contributed by atoms with Gasteiger partial charge in [0.15, 0.2) is 0 Å². The fourth-order valence-electron chi connectivity index (χ4n) is 3.90. The maximum absolute atomic E-state index is 4.61. The number of rotatable bonds is 4. The van der Waals surface area contributed by atoms with Crippen molar-refractivity contribution >= 4 is 5.82 Å². The molecule has 146 valence electrons. The molecule has 0 unspecified atom stereocenters. The van der Waals surface area contributed by atoms with Crippen molar-refractivity contribution < 1.29 is 0 Å². The van der Waals surface area contributed by atoms with Crippen molar-refractivity contribution in [3.63, 3.8) is 0 Å².